The Balaban J connectivity index is 2.56. The van der Waals surface area contributed by atoms with E-state index in [4.69, 9.17) is 5.73 Å². The first-order valence-corrected chi connectivity index (χ1v) is 8.17. The SMILES string of the molecule is Cc1ncc(C[n+]2c(C(C)(O)C(=O)O)sc(CCO)c2C)c(N)n1. The number of aryl methyl sites for hydroxylation is 1. The maximum atomic E-state index is 11.5. The number of aliphatic hydroxyl groups is 2. The summed E-state index contributed by atoms with van der Waals surface area (Å²) in [6.07, 6.45) is 1.97. The van der Waals surface area contributed by atoms with Crippen molar-refractivity contribution in [1.29, 1.82) is 0 Å². The minimum atomic E-state index is -2.05. The van der Waals surface area contributed by atoms with E-state index in [1.165, 1.54) is 6.92 Å². The molecule has 2 aromatic rings. The molecule has 0 aromatic carbocycles. The van der Waals surface area contributed by atoms with E-state index in [2.05, 4.69) is 9.97 Å². The number of thiazole rings is 1. The fourth-order valence-corrected chi connectivity index (χ4v) is 3.61. The van der Waals surface area contributed by atoms with Crippen LogP contribution < -0.4 is 10.3 Å². The molecular weight excluding hydrogens is 332 g/mol. The zero-order valence-electron chi connectivity index (χ0n) is 13.8. The normalized spacial score (nSPS) is 13.7. The number of carboxylic acid groups (broad SMARTS) is 1. The van der Waals surface area contributed by atoms with Crippen molar-refractivity contribution in [3.8, 4) is 0 Å². The molecule has 1 atom stereocenters. The molecule has 24 heavy (non-hydrogen) atoms. The van der Waals surface area contributed by atoms with Gasteiger partial charge in [0.15, 0.2) is 12.2 Å². The molecule has 8 nitrogen and oxygen atoms in total. The van der Waals surface area contributed by atoms with Gasteiger partial charge in [-0.25, -0.2) is 14.8 Å². The first-order chi connectivity index (χ1) is 11.2. The second-order valence-corrected chi connectivity index (χ2v) is 6.76. The highest BCUT2D eigenvalue weighted by Gasteiger charge is 2.44. The fourth-order valence-electron chi connectivity index (χ4n) is 2.33. The first-order valence-electron chi connectivity index (χ1n) is 7.35. The van der Waals surface area contributed by atoms with Crippen LogP contribution in [0.15, 0.2) is 6.20 Å². The second-order valence-electron chi connectivity index (χ2n) is 5.68. The Kier molecular flexibility index (Phi) is 5.16. The van der Waals surface area contributed by atoms with Gasteiger partial charge < -0.3 is 21.1 Å². The minimum Gasteiger partial charge on any atom is -0.479 e. The number of rotatable bonds is 6. The van der Waals surface area contributed by atoms with Crippen LogP contribution in [0.4, 0.5) is 5.82 Å². The summed E-state index contributed by atoms with van der Waals surface area (Å²) in [5.41, 5.74) is 5.27. The lowest BCUT2D eigenvalue weighted by atomic mass is 10.1. The third-order valence-corrected chi connectivity index (χ3v) is 5.35. The zero-order valence-corrected chi connectivity index (χ0v) is 14.6. The summed E-state index contributed by atoms with van der Waals surface area (Å²) in [5.74, 6) is -0.492. The van der Waals surface area contributed by atoms with Gasteiger partial charge in [0.2, 0.25) is 0 Å². The van der Waals surface area contributed by atoms with Crippen LogP contribution in [0.25, 0.3) is 0 Å². The first kappa shape index (κ1) is 18.2. The quantitative estimate of drug-likeness (QED) is 0.533. The Hall–Kier alpha value is -2.10. The number of hydrogen-bond donors (Lipinski definition) is 4. The summed E-state index contributed by atoms with van der Waals surface area (Å²) in [4.78, 5) is 20.5. The summed E-state index contributed by atoms with van der Waals surface area (Å²) in [6, 6.07) is 0. The van der Waals surface area contributed by atoms with Gasteiger partial charge in [-0.05, 0) is 13.8 Å². The fraction of sp³-hybridized carbons (Fsp3) is 0.467. The van der Waals surface area contributed by atoms with E-state index in [1.54, 1.807) is 17.7 Å². The summed E-state index contributed by atoms with van der Waals surface area (Å²) < 4.78 is 1.69. The van der Waals surface area contributed by atoms with Crippen molar-refractivity contribution < 1.29 is 24.7 Å². The van der Waals surface area contributed by atoms with Gasteiger partial charge in [0.25, 0.3) is 10.6 Å². The standard InChI is InChI=1S/C15H20N4O4S/c1-8-11(4-5-20)24-13(15(3,23)14(21)22)19(8)7-10-6-17-9(2)18-12(10)16/h6,20,23H,4-5,7H2,1-3H3,(H2-,16,17,18,21,22)/p+1. The molecular formula is C15H21N4O4S+. The Bertz CT molecular complexity index is 773. The van der Waals surface area contributed by atoms with Crippen molar-refractivity contribution in [2.75, 3.05) is 12.3 Å². The van der Waals surface area contributed by atoms with Crippen LogP contribution in [0.1, 0.15) is 33.9 Å². The molecule has 0 saturated heterocycles. The molecule has 0 aliphatic carbocycles. The van der Waals surface area contributed by atoms with Crippen LogP contribution in [0, 0.1) is 13.8 Å². The molecule has 0 spiro atoms. The average molecular weight is 353 g/mol. The molecule has 2 rings (SSSR count). The van der Waals surface area contributed by atoms with Crippen molar-refractivity contribution in [2.45, 2.75) is 39.3 Å². The van der Waals surface area contributed by atoms with Gasteiger partial charge in [0.1, 0.15) is 11.6 Å². The van der Waals surface area contributed by atoms with E-state index in [9.17, 15) is 20.1 Å². The molecule has 0 amide bonds. The molecule has 9 heteroatoms. The van der Waals surface area contributed by atoms with Gasteiger partial charge in [-0.3, -0.25) is 0 Å². The van der Waals surface area contributed by atoms with Crippen LogP contribution in [0.2, 0.25) is 0 Å². The van der Waals surface area contributed by atoms with Crippen LogP contribution in [0.3, 0.4) is 0 Å². The van der Waals surface area contributed by atoms with Crippen LogP contribution in [-0.4, -0.2) is 37.9 Å². The maximum absolute atomic E-state index is 11.5. The topological polar surface area (TPSA) is 133 Å². The zero-order chi connectivity index (χ0) is 18.1. The van der Waals surface area contributed by atoms with Gasteiger partial charge >= 0.3 is 5.97 Å². The Morgan fingerprint density at radius 3 is 2.67 bits per heavy atom. The molecule has 130 valence electrons. The summed E-state index contributed by atoms with van der Waals surface area (Å²) in [7, 11) is 0. The van der Waals surface area contributed by atoms with E-state index < -0.39 is 11.6 Å². The lowest BCUT2D eigenvalue weighted by Crippen LogP contribution is -2.48. The van der Waals surface area contributed by atoms with Gasteiger partial charge in [-0.1, -0.05) is 11.3 Å². The van der Waals surface area contributed by atoms with E-state index in [1.807, 2.05) is 6.92 Å². The smallest absolute Gasteiger partial charge is 0.347 e. The van der Waals surface area contributed by atoms with Gasteiger partial charge in [-0.15, -0.1) is 0 Å². The van der Waals surface area contributed by atoms with Crippen molar-refractivity contribution in [1.82, 2.24) is 9.97 Å². The predicted molar refractivity (Wildman–Crippen MR) is 87.5 cm³/mol. The monoisotopic (exact) mass is 353 g/mol. The number of nitrogens with two attached hydrogens (primary N) is 1. The lowest BCUT2D eigenvalue weighted by Gasteiger charge is -2.13. The third-order valence-electron chi connectivity index (χ3n) is 3.79. The highest BCUT2D eigenvalue weighted by molar-refractivity contribution is 7.11. The lowest BCUT2D eigenvalue weighted by molar-refractivity contribution is -0.701. The van der Waals surface area contributed by atoms with E-state index >= 15 is 0 Å². The maximum Gasteiger partial charge on any atom is 0.347 e. The van der Waals surface area contributed by atoms with Crippen LogP contribution in [-0.2, 0) is 23.4 Å². The molecule has 2 heterocycles. The number of anilines is 1. The Morgan fingerprint density at radius 2 is 2.12 bits per heavy atom. The molecule has 1 unspecified atom stereocenters. The molecule has 0 aliphatic rings. The molecule has 0 fully saturated rings. The second kappa shape index (κ2) is 6.80. The van der Waals surface area contributed by atoms with Crippen molar-refractivity contribution >= 4 is 23.1 Å². The van der Waals surface area contributed by atoms with Crippen molar-refractivity contribution in [3.05, 3.63) is 33.2 Å². The Morgan fingerprint density at radius 1 is 1.46 bits per heavy atom. The van der Waals surface area contributed by atoms with E-state index in [0.717, 1.165) is 21.9 Å². The number of aliphatic carboxylic acids is 1. The summed E-state index contributed by atoms with van der Waals surface area (Å²) >= 11 is 1.16. The summed E-state index contributed by atoms with van der Waals surface area (Å²) in [5, 5.41) is 29.2. The molecule has 0 saturated carbocycles. The largest absolute Gasteiger partial charge is 0.479 e. The highest BCUT2D eigenvalue weighted by atomic mass is 32.1. The molecule has 5 N–H and O–H groups in total. The number of aromatic nitrogens is 3. The summed E-state index contributed by atoms with van der Waals surface area (Å²) in [6.45, 7) is 4.94. The van der Waals surface area contributed by atoms with E-state index in [0.29, 0.717) is 23.6 Å². The van der Waals surface area contributed by atoms with Gasteiger partial charge in [0, 0.05) is 26.1 Å². The van der Waals surface area contributed by atoms with Gasteiger partial charge in [0.05, 0.1) is 10.4 Å². The van der Waals surface area contributed by atoms with Gasteiger partial charge in [-0.2, -0.15) is 4.57 Å². The highest BCUT2D eigenvalue weighted by Crippen LogP contribution is 2.28. The predicted octanol–water partition coefficient (Wildman–Crippen LogP) is -0.100. The number of aliphatic hydroxyl groups excluding tert-OH is 1. The number of nitrogens with zero attached hydrogens (tertiary/aromatic N) is 3. The van der Waals surface area contributed by atoms with Crippen LogP contribution >= 0.6 is 11.3 Å². The number of hydrogen-bond acceptors (Lipinski definition) is 7. The number of carbonyl (C=O) groups is 1. The van der Waals surface area contributed by atoms with E-state index in [-0.39, 0.29) is 18.2 Å². The Labute approximate surface area is 143 Å². The minimum absolute atomic E-state index is 0.0637. The number of nitrogen functional groups attached to an aromatic ring is 1. The molecule has 2 aromatic heterocycles. The van der Waals surface area contributed by atoms with Crippen LogP contribution in [0.5, 0.6) is 0 Å². The molecule has 0 radical (unpaired) electrons. The molecule has 0 aliphatic heterocycles. The van der Waals surface area contributed by atoms with Crippen molar-refractivity contribution in [3.63, 3.8) is 0 Å². The van der Waals surface area contributed by atoms with Crippen molar-refractivity contribution in [2.24, 2.45) is 0 Å². The number of carboxylic acids is 1. The average Bonchev–Trinajstić information content (AvgIpc) is 2.80. The third kappa shape index (κ3) is 3.37. The molecule has 0 bridgehead atoms.